The van der Waals surface area contributed by atoms with Gasteiger partial charge in [0.2, 0.25) is 0 Å². The summed E-state index contributed by atoms with van der Waals surface area (Å²) in [7, 11) is 6.07. The highest BCUT2D eigenvalue weighted by atomic mass is 32.2. The Morgan fingerprint density at radius 2 is 1.46 bits per heavy atom. The largest absolute Gasteiger partial charge is 0.497 e. The maximum Gasteiger partial charge on any atom is 0.277 e. The summed E-state index contributed by atoms with van der Waals surface area (Å²) >= 11 is 0.802. The summed E-state index contributed by atoms with van der Waals surface area (Å²) in [5.41, 5.74) is 7.79. The summed E-state index contributed by atoms with van der Waals surface area (Å²) in [5, 5.41) is 0.0149. The van der Waals surface area contributed by atoms with Crippen molar-refractivity contribution in [2.45, 2.75) is 11.7 Å². The SMILES string of the molecule is COc1cc(/C=C(/C(=O)N(C)OC)c2ccc(Oc3ccc(CC(C=O)SC(N)=O)cc3)cc2)cc(OC)c1. The zero-order chi connectivity index (χ0) is 28.4. The van der Waals surface area contributed by atoms with Gasteiger partial charge >= 0.3 is 0 Å². The Kier molecular flexibility index (Phi) is 10.5. The fourth-order valence-corrected chi connectivity index (χ4v) is 4.26. The van der Waals surface area contributed by atoms with E-state index in [1.54, 1.807) is 74.9 Å². The van der Waals surface area contributed by atoms with Gasteiger partial charge in [0, 0.05) is 18.7 Å². The van der Waals surface area contributed by atoms with E-state index in [-0.39, 0.29) is 5.91 Å². The Hall–Kier alpha value is -4.28. The Labute approximate surface area is 231 Å². The summed E-state index contributed by atoms with van der Waals surface area (Å²) in [6.45, 7) is 0. The first kappa shape index (κ1) is 29.3. The van der Waals surface area contributed by atoms with Crippen LogP contribution in [0.5, 0.6) is 23.0 Å². The van der Waals surface area contributed by atoms with Crippen molar-refractivity contribution in [2.75, 3.05) is 28.4 Å². The zero-order valence-electron chi connectivity index (χ0n) is 22.1. The molecular formula is C29H30N2O7S. The molecule has 0 bridgehead atoms. The van der Waals surface area contributed by atoms with Crippen molar-refractivity contribution in [1.29, 1.82) is 0 Å². The Balaban J connectivity index is 1.82. The van der Waals surface area contributed by atoms with Crippen molar-refractivity contribution in [3.8, 4) is 23.0 Å². The lowest BCUT2D eigenvalue weighted by Crippen LogP contribution is -2.26. The molecular weight excluding hydrogens is 520 g/mol. The molecule has 1 unspecified atom stereocenters. The van der Waals surface area contributed by atoms with Crippen molar-refractivity contribution in [2.24, 2.45) is 5.73 Å². The van der Waals surface area contributed by atoms with Crippen LogP contribution in [0, 0.1) is 0 Å². The van der Waals surface area contributed by atoms with Gasteiger partial charge in [-0.15, -0.1) is 0 Å². The van der Waals surface area contributed by atoms with Crippen molar-refractivity contribution in [1.82, 2.24) is 5.06 Å². The number of hydrogen-bond donors (Lipinski definition) is 1. The second-order valence-corrected chi connectivity index (χ2v) is 9.52. The van der Waals surface area contributed by atoms with Gasteiger partial charge in [-0.05, 0) is 65.6 Å². The van der Waals surface area contributed by atoms with Crippen molar-refractivity contribution < 1.29 is 33.4 Å². The number of benzene rings is 3. The zero-order valence-corrected chi connectivity index (χ0v) is 22.9. The maximum atomic E-state index is 13.1. The predicted octanol–water partition coefficient (Wildman–Crippen LogP) is 4.98. The molecule has 3 aromatic rings. The fraction of sp³-hybridized carbons (Fsp3) is 0.207. The minimum Gasteiger partial charge on any atom is -0.497 e. The van der Waals surface area contributed by atoms with Gasteiger partial charge in [-0.3, -0.25) is 14.4 Å². The lowest BCUT2D eigenvalue weighted by Gasteiger charge is -2.17. The quantitative estimate of drug-likeness (QED) is 0.145. The molecule has 3 rings (SSSR count). The molecule has 0 saturated carbocycles. The van der Waals surface area contributed by atoms with E-state index in [2.05, 4.69) is 0 Å². The number of nitrogens with two attached hydrogens (primary N) is 1. The highest BCUT2D eigenvalue weighted by molar-refractivity contribution is 8.14. The molecule has 10 heteroatoms. The van der Waals surface area contributed by atoms with Gasteiger partial charge in [-0.2, -0.15) is 0 Å². The average Bonchev–Trinajstić information content (AvgIpc) is 2.95. The third kappa shape index (κ3) is 8.36. The predicted molar refractivity (Wildman–Crippen MR) is 151 cm³/mol. The number of methoxy groups -OCH3 is 2. The van der Waals surface area contributed by atoms with Gasteiger partial charge in [0.1, 0.15) is 29.3 Å². The minimum atomic E-state index is -0.590. The van der Waals surface area contributed by atoms with Crippen LogP contribution in [-0.2, 0) is 20.8 Å². The number of thioether (sulfide) groups is 1. The van der Waals surface area contributed by atoms with Crippen LogP contribution in [0.2, 0.25) is 0 Å². The van der Waals surface area contributed by atoms with Crippen LogP contribution < -0.4 is 19.9 Å². The van der Waals surface area contributed by atoms with Crippen molar-refractivity contribution in [3.05, 3.63) is 83.4 Å². The third-order valence-corrected chi connectivity index (χ3v) is 6.47. The lowest BCUT2D eigenvalue weighted by atomic mass is 10.0. The number of hydrogen-bond acceptors (Lipinski definition) is 8. The third-order valence-electron chi connectivity index (χ3n) is 5.66. The van der Waals surface area contributed by atoms with Crippen LogP contribution in [0.4, 0.5) is 4.79 Å². The highest BCUT2D eigenvalue weighted by Crippen LogP contribution is 2.29. The smallest absolute Gasteiger partial charge is 0.277 e. The second kappa shape index (κ2) is 14.0. The Morgan fingerprint density at radius 1 is 0.897 bits per heavy atom. The number of likely N-dealkylation sites (N-methyl/N-ethyl adjacent to an activating group) is 1. The van der Waals surface area contributed by atoms with Gasteiger partial charge in [-0.1, -0.05) is 36.0 Å². The lowest BCUT2D eigenvalue weighted by molar-refractivity contribution is -0.161. The number of carbonyl (C=O) groups is 3. The van der Waals surface area contributed by atoms with Gasteiger partial charge in [0.15, 0.2) is 0 Å². The van der Waals surface area contributed by atoms with Crippen LogP contribution in [0.1, 0.15) is 16.7 Å². The van der Waals surface area contributed by atoms with E-state index in [0.29, 0.717) is 52.4 Å². The molecule has 39 heavy (non-hydrogen) atoms. The van der Waals surface area contributed by atoms with Crippen LogP contribution in [0.25, 0.3) is 11.6 Å². The molecule has 0 heterocycles. The summed E-state index contributed by atoms with van der Waals surface area (Å²) in [4.78, 5) is 40.5. The summed E-state index contributed by atoms with van der Waals surface area (Å²) in [6, 6.07) is 19.6. The molecule has 0 aromatic heterocycles. The van der Waals surface area contributed by atoms with Gasteiger partial charge < -0.3 is 24.7 Å². The molecule has 2 N–H and O–H groups in total. The monoisotopic (exact) mass is 550 g/mol. The molecule has 0 radical (unpaired) electrons. The number of rotatable bonds is 12. The number of amides is 2. The van der Waals surface area contributed by atoms with Crippen molar-refractivity contribution in [3.63, 3.8) is 0 Å². The van der Waals surface area contributed by atoms with E-state index < -0.39 is 10.5 Å². The van der Waals surface area contributed by atoms with E-state index in [0.717, 1.165) is 22.4 Å². The van der Waals surface area contributed by atoms with Crippen molar-refractivity contribution >= 4 is 40.8 Å². The first-order valence-electron chi connectivity index (χ1n) is 11.8. The topological polar surface area (TPSA) is 117 Å². The van der Waals surface area contributed by atoms with Crippen LogP contribution >= 0.6 is 11.8 Å². The highest BCUT2D eigenvalue weighted by Gasteiger charge is 2.18. The van der Waals surface area contributed by atoms with Gasteiger partial charge in [0.25, 0.3) is 11.1 Å². The number of ether oxygens (including phenoxy) is 3. The molecule has 2 amide bonds. The van der Waals surface area contributed by atoms with Gasteiger partial charge in [0.05, 0.1) is 26.6 Å². The number of nitrogens with zero attached hydrogens (tertiary/aromatic N) is 1. The maximum absolute atomic E-state index is 13.1. The van der Waals surface area contributed by atoms with E-state index in [4.69, 9.17) is 24.8 Å². The molecule has 0 aliphatic carbocycles. The Morgan fingerprint density at radius 3 is 1.95 bits per heavy atom. The van der Waals surface area contributed by atoms with Gasteiger partial charge in [-0.25, -0.2) is 5.06 Å². The van der Waals surface area contributed by atoms with Crippen LogP contribution in [0.15, 0.2) is 66.7 Å². The van der Waals surface area contributed by atoms with E-state index in [9.17, 15) is 14.4 Å². The molecule has 0 aliphatic heterocycles. The molecule has 3 aromatic carbocycles. The second-order valence-electron chi connectivity index (χ2n) is 8.28. The average molecular weight is 551 g/mol. The molecule has 204 valence electrons. The van der Waals surface area contributed by atoms with E-state index >= 15 is 0 Å². The first-order chi connectivity index (χ1) is 18.8. The summed E-state index contributed by atoms with van der Waals surface area (Å²) < 4.78 is 16.7. The number of primary amides is 1. The standard InChI is InChI=1S/C29H30N2O7S/c1-31(37-4)28(33)27(16-20-13-24(35-2)17-25(14-20)36-3)21-7-11-23(12-8-21)38-22-9-5-19(6-10-22)15-26(18-32)39-29(30)34/h5-14,16-18,26H,15H2,1-4H3,(H2,30,34)/b27-16+. The van der Waals surface area contributed by atoms with Crippen LogP contribution in [0.3, 0.4) is 0 Å². The van der Waals surface area contributed by atoms with Crippen LogP contribution in [-0.4, -0.2) is 56.1 Å². The minimum absolute atomic E-state index is 0.341. The molecule has 0 aliphatic rings. The number of aldehydes is 1. The normalized spacial score (nSPS) is 11.8. The summed E-state index contributed by atoms with van der Waals surface area (Å²) in [5.74, 6) is 2.00. The molecule has 1 atom stereocenters. The molecule has 0 spiro atoms. The number of carbonyl (C=O) groups excluding carboxylic acids is 3. The first-order valence-corrected chi connectivity index (χ1v) is 12.7. The van der Waals surface area contributed by atoms with E-state index in [1.807, 2.05) is 12.1 Å². The Bertz CT molecular complexity index is 1300. The molecule has 0 saturated heterocycles. The molecule has 9 nitrogen and oxygen atoms in total. The van der Waals surface area contributed by atoms with E-state index in [1.165, 1.54) is 14.2 Å². The summed E-state index contributed by atoms with van der Waals surface area (Å²) in [6.07, 6.45) is 2.83. The number of hydroxylamine groups is 2. The fourth-order valence-electron chi connectivity index (χ4n) is 3.63. The molecule has 0 fully saturated rings.